The van der Waals surface area contributed by atoms with Gasteiger partial charge in [0.15, 0.2) is 0 Å². The van der Waals surface area contributed by atoms with Crippen molar-refractivity contribution in [1.82, 2.24) is 5.32 Å². The molecule has 0 bridgehead atoms. The molecule has 1 aliphatic carbocycles. The maximum atomic E-state index is 11.8. The molecule has 0 amide bonds. The first kappa shape index (κ1) is 17.0. The number of halogens is 1. The first-order valence-electron chi connectivity index (χ1n) is 7.50. The Morgan fingerprint density at radius 2 is 2.14 bits per heavy atom. The van der Waals surface area contributed by atoms with Gasteiger partial charge in [-0.25, -0.2) is 8.42 Å². The summed E-state index contributed by atoms with van der Waals surface area (Å²) in [5, 5.41) is 3.24. The fourth-order valence-electron chi connectivity index (χ4n) is 3.36. The molecule has 118 valence electrons. The van der Waals surface area contributed by atoms with Crippen LogP contribution in [0, 0.1) is 5.92 Å². The standard InChI is InChI=1S/C16H24BrNO2S/c1-18-16(10-12-5-3-7-14(17)9-12)13-6-4-8-15(11-13)21(2,19)20/h3,5,7,9,13,15-16,18H,4,6,8,10-11H2,1-2H3. The van der Waals surface area contributed by atoms with E-state index in [4.69, 9.17) is 0 Å². The van der Waals surface area contributed by atoms with Gasteiger partial charge < -0.3 is 5.32 Å². The molecule has 3 nitrogen and oxygen atoms in total. The molecule has 3 atom stereocenters. The SMILES string of the molecule is CNC(Cc1cccc(Br)c1)C1CCCC(S(C)(=O)=O)C1. The molecular formula is C16H24BrNO2S. The predicted molar refractivity (Wildman–Crippen MR) is 91.3 cm³/mol. The van der Waals surface area contributed by atoms with Gasteiger partial charge in [0.25, 0.3) is 0 Å². The summed E-state index contributed by atoms with van der Waals surface area (Å²) in [4.78, 5) is 0. The molecule has 1 aromatic rings. The van der Waals surface area contributed by atoms with Crippen molar-refractivity contribution >= 4 is 25.8 Å². The van der Waals surface area contributed by atoms with Crippen molar-refractivity contribution in [2.24, 2.45) is 5.92 Å². The summed E-state index contributed by atoms with van der Waals surface area (Å²) < 4.78 is 24.7. The zero-order valence-electron chi connectivity index (χ0n) is 12.7. The van der Waals surface area contributed by atoms with Gasteiger partial charge in [0.1, 0.15) is 9.84 Å². The second kappa shape index (κ2) is 7.25. The highest BCUT2D eigenvalue weighted by Gasteiger charge is 2.32. The van der Waals surface area contributed by atoms with Crippen molar-refractivity contribution in [2.75, 3.05) is 13.3 Å². The smallest absolute Gasteiger partial charge is 0.150 e. The fourth-order valence-corrected chi connectivity index (χ4v) is 5.00. The third kappa shape index (κ3) is 4.80. The van der Waals surface area contributed by atoms with E-state index in [2.05, 4.69) is 33.4 Å². The van der Waals surface area contributed by atoms with Crippen LogP contribution in [0.3, 0.4) is 0 Å². The van der Waals surface area contributed by atoms with E-state index < -0.39 is 9.84 Å². The molecule has 1 aliphatic rings. The van der Waals surface area contributed by atoms with E-state index in [0.717, 1.165) is 36.6 Å². The summed E-state index contributed by atoms with van der Waals surface area (Å²) >= 11 is 3.51. The van der Waals surface area contributed by atoms with Crippen molar-refractivity contribution in [3.8, 4) is 0 Å². The van der Waals surface area contributed by atoms with Crippen LogP contribution < -0.4 is 5.32 Å². The Balaban J connectivity index is 2.06. The highest BCUT2D eigenvalue weighted by molar-refractivity contribution is 9.10. The normalized spacial score (nSPS) is 24.7. The lowest BCUT2D eigenvalue weighted by Crippen LogP contribution is -2.40. The highest BCUT2D eigenvalue weighted by Crippen LogP contribution is 2.31. The molecule has 5 heteroatoms. The Morgan fingerprint density at radius 1 is 1.38 bits per heavy atom. The van der Waals surface area contributed by atoms with Crippen LogP contribution in [0.25, 0.3) is 0 Å². The van der Waals surface area contributed by atoms with Crippen LogP contribution in [0.5, 0.6) is 0 Å². The number of benzene rings is 1. The maximum Gasteiger partial charge on any atom is 0.150 e. The van der Waals surface area contributed by atoms with E-state index in [1.807, 2.05) is 19.2 Å². The number of likely N-dealkylation sites (N-methyl/N-ethyl adjacent to an activating group) is 1. The van der Waals surface area contributed by atoms with Crippen LogP contribution in [0.15, 0.2) is 28.7 Å². The molecule has 0 aromatic heterocycles. The maximum absolute atomic E-state index is 11.8. The third-order valence-electron chi connectivity index (χ3n) is 4.56. The summed E-state index contributed by atoms with van der Waals surface area (Å²) in [5.41, 5.74) is 1.28. The Labute approximate surface area is 136 Å². The van der Waals surface area contributed by atoms with E-state index in [0.29, 0.717) is 12.0 Å². The molecule has 21 heavy (non-hydrogen) atoms. The Hall–Kier alpha value is -0.390. The average molecular weight is 374 g/mol. The molecular weight excluding hydrogens is 350 g/mol. The van der Waals surface area contributed by atoms with Crippen LogP contribution in [-0.4, -0.2) is 33.0 Å². The number of sulfone groups is 1. The summed E-state index contributed by atoms with van der Waals surface area (Å²) in [6.07, 6.45) is 6.06. The summed E-state index contributed by atoms with van der Waals surface area (Å²) in [5.74, 6) is 0.433. The van der Waals surface area contributed by atoms with E-state index in [1.54, 1.807) is 0 Å². The Kier molecular flexibility index (Phi) is 5.86. The molecule has 1 fully saturated rings. The summed E-state index contributed by atoms with van der Waals surface area (Å²) in [6.45, 7) is 0. The summed E-state index contributed by atoms with van der Waals surface area (Å²) in [7, 11) is -0.937. The summed E-state index contributed by atoms with van der Waals surface area (Å²) in [6, 6.07) is 8.68. The van der Waals surface area contributed by atoms with Gasteiger partial charge in [0.2, 0.25) is 0 Å². The predicted octanol–water partition coefficient (Wildman–Crippen LogP) is 3.18. The number of hydrogen-bond donors (Lipinski definition) is 1. The van der Waals surface area contributed by atoms with Gasteiger partial charge in [0, 0.05) is 16.8 Å². The van der Waals surface area contributed by atoms with Crippen molar-refractivity contribution in [1.29, 1.82) is 0 Å². The highest BCUT2D eigenvalue weighted by atomic mass is 79.9. The molecule has 0 aliphatic heterocycles. The monoisotopic (exact) mass is 373 g/mol. The Bertz CT molecular complexity index is 573. The van der Waals surface area contributed by atoms with Crippen LogP contribution in [0.2, 0.25) is 0 Å². The van der Waals surface area contributed by atoms with E-state index in [9.17, 15) is 8.42 Å². The van der Waals surface area contributed by atoms with Gasteiger partial charge in [-0.3, -0.25) is 0 Å². The van der Waals surface area contributed by atoms with Gasteiger partial charge >= 0.3 is 0 Å². The third-order valence-corrected chi connectivity index (χ3v) is 6.69. The Morgan fingerprint density at radius 3 is 2.76 bits per heavy atom. The zero-order valence-corrected chi connectivity index (χ0v) is 15.1. The lowest BCUT2D eigenvalue weighted by molar-refractivity contribution is 0.278. The number of hydrogen-bond acceptors (Lipinski definition) is 3. The van der Waals surface area contributed by atoms with Gasteiger partial charge in [-0.05, 0) is 56.3 Å². The first-order valence-corrected chi connectivity index (χ1v) is 10.3. The average Bonchev–Trinajstić information content (AvgIpc) is 2.44. The second-order valence-electron chi connectivity index (χ2n) is 6.11. The minimum atomic E-state index is -2.92. The molecule has 0 heterocycles. The van der Waals surface area contributed by atoms with Crippen molar-refractivity contribution in [3.05, 3.63) is 34.3 Å². The van der Waals surface area contributed by atoms with E-state index >= 15 is 0 Å². The fraction of sp³-hybridized carbons (Fsp3) is 0.625. The lowest BCUT2D eigenvalue weighted by Gasteiger charge is -2.34. The second-order valence-corrected chi connectivity index (χ2v) is 9.35. The molecule has 0 radical (unpaired) electrons. The quantitative estimate of drug-likeness (QED) is 0.861. The van der Waals surface area contributed by atoms with Gasteiger partial charge in [-0.15, -0.1) is 0 Å². The number of nitrogens with one attached hydrogen (secondary N) is 1. The van der Waals surface area contributed by atoms with Crippen molar-refractivity contribution in [3.63, 3.8) is 0 Å². The largest absolute Gasteiger partial charge is 0.316 e. The van der Waals surface area contributed by atoms with Crippen molar-refractivity contribution < 1.29 is 8.42 Å². The topological polar surface area (TPSA) is 46.2 Å². The lowest BCUT2D eigenvalue weighted by atomic mass is 9.81. The van der Waals surface area contributed by atoms with Crippen LogP contribution in [0.4, 0.5) is 0 Å². The molecule has 3 unspecified atom stereocenters. The van der Waals surface area contributed by atoms with Gasteiger partial charge in [-0.1, -0.05) is 34.5 Å². The molecule has 0 spiro atoms. The van der Waals surface area contributed by atoms with Gasteiger partial charge in [0.05, 0.1) is 5.25 Å². The van der Waals surface area contributed by atoms with Crippen molar-refractivity contribution in [2.45, 2.75) is 43.4 Å². The zero-order chi connectivity index (χ0) is 15.5. The van der Waals surface area contributed by atoms with Crippen LogP contribution in [-0.2, 0) is 16.3 Å². The van der Waals surface area contributed by atoms with Crippen LogP contribution >= 0.6 is 15.9 Å². The molecule has 0 saturated heterocycles. The van der Waals surface area contributed by atoms with E-state index in [-0.39, 0.29) is 5.25 Å². The first-order chi connectivity index (χ1) is 9.90. The minimum absolute atomic E-state index is 0.158. The van der Waals surface area contributed by atoms with Crippen LogP contribution in [0.1, 0.15) is 31.2 Å². The molecule has 1 aromatic carbocycles. The molecule has 1 N–H and O–H groups in total. The number of rotatable bonds is 5. The molecule has 1 saturated carbocycles. The van der Waals surface area contributed by atoms with E-state index in [1.165, 1.54) is 11.8 Å². The van der Waals surface area contributed by atoms with Gasteiger partial charge in [-0.2, -0.15) is 0 Å². The molecule has 2 rings (SSSR count). The minimum Gasteiger partial charge on any atom is -0.316 e.